The van der Waals surface area contributed by atoms with E-state index in [0.29, 0.717) is 25.0 Å². The van der Waals surface area contributed by atoms with Crippen LogP contribution in [0.1, 0.15) is 40.4 Å². The minimum Gasteiger partial charge on any atom is -0.476 e. The van der Waals surface area contributed by atoms with Crippen LogP contribution in [0, 0.1) is 11.6 Å². The van der Waals surface area contributed by atoms with Crippen LogP contribution in [0.3, 0.4) is 0 Å². The Balaban J connectivity index is 1.93. The first-order chi connectivity index (χ1) is 13.1. The van der Waals surface area contributed by atoms with E-state index in [9.17, 15) is 36.6 Å². The quantitative estimate of drug-likeness (QED) is 0.660. The fourth-order valence-corrected chi connectivity index (χ4v) is 3.13. The summed E-state index contributed by atoms with van der Waals surface area (Å²) in [4.78, 5) is 26.2. The highest BCUT2D eigenvalue weighted by atomic mass is 19.4. The average molecular weight is 399 g/mol. The molecule has 1 saturated carbocycles. The van der Waals surface area contributed by atoms with Gasteiger partial charge < -0.3 is 10.1 Å². The number of rotatable bonds is 3. The number of carbonyl (C=O) groups is 1. The molecule has 2 aromatic heterocycles. The number of hydrogen-bond acceptors (Lipinski definition) is 3. The molecule has 1 aromatic carbocycles. The van der Waals surface area contributed by atoms with Crippen molar-refractivity contribution in [3.63, 3.8) is 0 Å². The van der Waals surface area contributed by atoms with Gasteiger partial charge >= 0.3 is 12.1 Å². The molecule has 11 heteroatoms. The number of nitrogens with one attached hydrogen (secondary N) is 1. The van der Waals surface area contributed by atoms with Crippen molar-refractivity contribution in [1.29, 1.82) is 0 Å². The summed E-state index contributed by atoms with van der Waals surface area (Å²) >= 11 is 0. The highest BCUT2D eigenvalue weighted by Crippen LogP contribution is 2.43. The van der Waals surface area contributed by atoms with E-state index in [1.807, 2.05) is 0 Å². The van der Waals surface area contributed by atoms with Crippen LogP contribution in [0.5, 0.6) is 0 Å². The first-order valence-corrected chi connectivity index (χ1v) is 8.04. The maximum absolute atomic E-state index is 14.2. The molecule has 6 nitrogen and oxygen atoms in total. The molecule has 0 atom stereocenters. The van der Waals surface area contributed by atoms with Gasteiger partial charge in [-0.1, -0.05) is 0 Å². The zero-order chi connectivity index (χ0) is 20.4. The molecule has 3 aromatic rings. The standard InChI is InChI=1S/C17H10F5N3O3/c18-11-7(3-4-8(12(11)19)17(20,21)22)9-5-25-14(15(26)23-9)10(6-1-2-6)13(24-25)16(27)28/h3-6H,1-2H2,(H,23,26)(H,27,28). The van der Waals surface area contributed by atoms with Crippen molar-refractivity contribution in [2.24, 2.45) is 0 Å². The third-order valence-corrected chi connectivity index (χ3v) is 4.53. The number of halogens is 5. The summed E-state index contributed by atoms with van der Waals surface area (Å²) in [6.45, 7) is 0. The number of aromatic carboxylic acids is 1. The molecule has 0 bridgehead atoms. The summed E-state index contributed by atoms with van der Waals surface area (Å²) in [7, 11) is 0. The van der Waals surface area contributed by atoms with E-state index >= 15 is 0 Å². The number of fused-ring (bicyclic) bond motifs is 1. The molecule has 0 unspecified atom stereocenters. The molecule has 1 fully saturated rings. The molecule has 146 valence electrons. The van der Waals surface area contributed by atoms with Crippen LogP contribution >= 0.6 is 0 Å². The Morgan fingerprint density at radius 2 is 1.89 bits per heavy atom. The van der Waals surface area contributed by atoms with Crippen molar-refractivity contribution in [1.82, 2.24) is 14.6 Å². The largest absolute Gasteiger partial charge is 0.476 e. The molecule has 4 rings (SSSR count). The van der Waals surface area contributed by atoms with Gasteiger partial charge in [0, 0.05) is 11.1 Å². The fraction of sp³-hybridized carbons (Fsp3) is 0.235. The molecular formula is C17H10F5N3O3. The topological polar surface area (TPSA) is 87.5 Å². The minimum atomic E-state index is -5.08. The summed E-state index contributed by atoms with van der Waals surface area (Å²) in [6.07, 6.45) is -2.68. The second-order valence-corrected chi connectivity index (χ2v) is 6.42. The Kier molecular flexibility index (Phi) is 3.81. The lowest BCUT2D eigenvalue weighted by Gasteiger charge is -2.11. The van der Waals surface area contributed by atoms with Crippen LogP contribution in [-0.4, -0.2) is 25.7 Å². The number of nitrogens with zero attached hydrogens (tertiary/aromatic N) is 2. The van der Waals surface area contributed by atoms with E-state index < -0.39 is 40.5 Å². The molecule has 0 amide bonds. The van der Waals surface area contributed by atoms with Crippen molar-refractivity contribution < 1.29 is 31.9 Å². The number of carboxylic acid groups (broad SMARTS) is 1. The Bertz CT molecular complexity index is 1190. The third kappa shape index (κ3) is 2.74. The predicted molar refractivity (Wildman–Crippen MR) is 85.1 cm³/mol. The van der Waals surface area contributed by atoms with Crippen LogP contribution in [-0.2, 0) is 6.18 Å². The zero-order valence-corrected chi connectivity index (χ0v) is 13.8. The summed E-state index contributed by atoms with van der Waals surface area (Å²) in [5.41, 5.74) is -3.67. The Hall–Kier alpha value is -3.24. The van der Waals surface area contributed by atoms with Gasteiger partial charge in [-0.2, -0.15) is 18.3 Å². The van der Waals surface area contributed by atoms with Gasteiger partial charge in [0.2, 0.25) is 0 Å². The van der Waals surface area contributed by atoms with Crippen molar-refractivity contribution in [3.05, 3.63) is 57.1 Å². The lowest BCUT2D eigenvalue weighted by molar-refractivity contribution is -0.140. The highest BCUT2D eigenvalue weighted by Gasteiger charge is 2.37. The van der Waals surface area contributed by atoms with Crippen LogP contribution in [0.25, 0.3) is 16.8 Å². The Morgan fingerprint density at radius 3 is 2.46 bits per heavy atom. The zero-order valence-electron chi connectivity index (χ0n) is 13.8. The summed E-state index contributed by atoms with van der Waals surface area (Å²) in [6, 6.07) is 1.04. The van der Waals surface area contributed by atoms with E-state index in [-0.39, 0.29) is 28.4 Å². The molecule has 2 heterocycles. The normalized spacial score (nSPS) is 14.6. The second kappa shape index (κ2) is 5.88. The minimum absolute atomic E-state index is 0.0450. The van der Waals surface area contributed by atoms with Gasteiger partial charge in [0.05, 0.1) is 17.5 Å². The molecular weight excluding hydrogens is 389 g/mol. The first kappa shape index (κ1) is 18.1. The Morgan fingerprint density at radius 1 is 1.21 bits per heavy atom. The van der Waals surface area contributed by atoms with Crippen molar-refractivity contribution >= 4 is 11.5 Å². The summed E-state index contributed by atoms with van der Waals surface area (Å²) in [5.74, 6) is -5.39. The van der Waals surface area contributed by atoms with Crippen molar-refractivity contribution in [3.8, 4) is 11.3 Å². The van der Waals surface area contributed by atoms with Crippen LogP contribution in [0.2, 0.25) is 0 Å². The fourth-order valence-electron chi connectivity index (χ4n) is 3.13. The van der Waals surface area contributed by atoms with E-state index in [1.165, 1.54) is 0 Å². The molecule has 0 saturated heterocycles. The van der Waals surface area contributed by atoms with Gasteiger partial charge in [0.25, 0.3) is 5.56 Å². The maximum atomic E-state index is 14.2. The number of carboxylic acids is 1. The van der Waals surface area contributed by atoms with Gasteiger partial charge in [0.1, 0.15) is 5.52 Å². The van der Waals surface area contributed by atoms with E-state index in [2.05, 4.69) is 10.1 Å². The number of H-pyrrole nitrogens is 1. The molecule has 0 aliphatic heterocycles. The number of hydrogen-bond donors (Lipinski definition) is 2. The van der Waals surface area contributed by atoms with E-state index in [1.54, 1.807) is 0 Å². The molecule has 0 radical (unpaired) electrons. The molecule has 2 N–H and O–H groups in total. The smallest absolute Gasteiger partial charge is 0.419 e. The van der Waals surface area contributed by atoms with Gasteiger partial charge in [0.15, 0.2) is 17.3 Å². The maximum Gasteiger partial charge on any atom is 0.419 e. The first-order valence-electron chi connectivity index (χ1n) is 8.04. The molecule has 28 heavy (non-hydrogen) atoms. The average Bonchev–Trinajstić information content (AvgIpc) is 3.35. The second-order valence-electron chi connectivity index (χ2n) is 6.42. The third-order valence-electron chi connectivity index (χ3n) is 4.53. The van der Waals surface area contributed by atoms with Gasteiger partial charge in [-0.15, -0.1) is 0 Å². The van der Waals surface area contributed by atoms with Gasteiger partial charge in [-0.05, 0) is 30.9 Å². The number of aromatic nitrogens is 3. The summed E-state index contributed by atoms with van der Waals surface area (Å²) in [5, 5.41) is 13.1. The van der Waals surface area contributed by atoms with E-state index in [4.69, 9.17) is 0 Å². The number of alkyl halides is 3. The highest BCUT2D eigenvalue weighted by molar-refractivity contribution is 5.90. The molecule has 1 aliphatic carbocycles. The Labute approximate surface area is 152 Å². The molecule has 0 spiro atoms. The van der Waals surface area contributed by atoms with Crippen LogP contribution < -0.4 is 5.56 Å². The van der Waals surface area contributed by atoms with E-state index in [0.717, 1.165) is 10.7 Å². The number of benzene rings is 1. The predicted octanol–water partition coefficient (Wildman–Crippen LogP) is 3.56. The van der Waals surface area contributed by atoms with Gasteiger partial charge in [-0.25, -0.2) is 18.1 Å². The van der Waals surface area contributed by atoms with Crippen molar-refractivity contribution in [2.75, 3.05) is 0 Å². The molecule has 1 aliphatic rings. The monoisotopic (exact) mass is 399 g/mol. The number of aromatic amines is 1. The SMILES string of the molecule is O=C(O)c1nn2cc(-c3ccc(C(F)(F)F)c(F)c3F)[nH]c(=O)c2c1C1CC1. The summed E-state index contributed by atoms with van der Waals surface area (Å²) < 4.78 is 67.1. The van der Waals surface area contributed by atoms with Gasteiger partial charge in [-0.3, -0.25) is 4.79 Å². The lowest BCUT2D eigenvalue weighted by atomic mass is 10.1. The lowest BCUT2D eigenvalue weighted by Crippen LogP contribution is -2.14. The van der Waals surface area contributed by atoms with Crippen LogP contribution in [0.4, 0.5) is 22.0 Å². The van der Waals surface area contributed by atoms with Crippen LogP contribution in [0.15, 0.2) is 23.1 Å². The van der Waals surface area contributed by atoms with Crippen molar-refractivity contribution in [2.45, 2.75) is 24.9 Å².